The molecule has 2 unspecified atom stereocenters. The fourth-order valence-electron chi connectivity index (χ4n) is 2.86. The van der Waals surface area contributed by atoms with Crippen molar-refractivity contribution in [1.82, 2.24) is 4.90 Å². The van der Waals surface area contributed by atoms with Crippen LogP contribution in [-0.2, 0) is 0 Å². The van der Waals surface area contributed by atoms with E-state index in [1.807, 2.05) is 0 Å². The van der Waals surface area contributed by atoms with E-state index in [2.05, 4.69) is 72.5 Å². The Labute approximate surface area is 139 Å². The molecule has 0 spiro atoms. The smallest absolute Gasteiger partial charge is 0.0605 e. The Morgan fingerprint density at radius 2 is 1.33 bits per heavy atom. The van der Waals surface area contributed by atoms with E-state index in [9.17, 15) is 0 Å². The average molecular weight is 325 g/mol. The van der Waals surface area contributed by atoms with Crippen molar-refractivity contribution in [2.75, 3.05) is 6.54 Å². The Morgan fingerprint density at radius 3 is 1.67 bits per heavy atom. The van der Waals surface area contributed by atoms with E-state index in [0.29, 0.717) is 18.1 Å². The molecule has 0 bridgehead atoms. The average Bonchev–Trinajstić information content (AvgIpc) is 2.49. The Balaban J connectivity index is 0.00000110. The Kier molecular flexibility index (Phi) is 6.69. The third-order valence-electron chi connectivity index (χ3n) is 4.13. The lowest BCUT2D eigenvalue weighted by atomic mass is 9.89. The molecule has 2 aromatic carbocycles. The fraction of sp³-hybridized carbons (Fsp3) is 0.294. The summed E-state index contributed by atoms with van der Waals surface area (Å²) in [5.74, 6) is 0. The summed E-state index contributed by atoms with van der Waals surface area (Å²) in [4.78, 5) is 2.48. The molecule has 1 saturated heterocycles. The third kappa shape index (κ3) is 3.58. The monoisotopic (exact) mass is 324 g/mol. The zero-order valence-corrected chi connectivity index (χ0v) is 13.7. The molecule has 2 aromatic rings. The van der Waals surface area contributed by atoms with Gasteiger partial charge in [-0.1, -0.05) is 60.7 Å². The molecule has 1 aliphatic heterocycles. The van der Waals surface area contributed by atoms with E-state index >= 15 is 0 Å². The van der Waals surface area contributed by atoms with Crippen LogP contribution >= 0.6 is 24.8 Å². The van der Waals surface area contributed by atoms with Crippen molar-refractivity contribution in [3.63, 3.8) is 0 Å². The summed E-state index contributed by atoms with van der Waals surface area (Å²) in [5, 5.41) is 0. The maximum atomic E-state index is 6.06. The zero-order valence-electron chi connectivity index (χ0n) is 12.1. The quantitative estimate of drug-likeness (QED) is 0.933. The second kappa shape index (κ2) is 7.81. The van der Waals surface area contributed by atoms with Gasteiger partial charge >= 0.3 is 0 Å². The number of nitrogens with two attached hydrogens (primary N) is 1. The number of nitrogens with zero attached hydrogens (tertiary/aromatic N) is 1. The van der Waals surface area contributed by atoms with Crippen molar-refractivity contribution in [3.05, 3.63) is 71.8 Å². The molecule has 114 valence electrons. The van der Waals surface area contributed by atoms with Crippen LogP contribution in [0.5, 0.6) is 0 Å². The van der Waals surface area contributed by atoms with E-state index < -0.39 is 0 Å². The number of hydrogen-bond donors (Lipinski definition) is 1. The molecule has 0 radical (unpaired) electrons. The summed E-state index contributed by atoms with van der Waals surface area (Å²) < 4.78 is 0. The predicted molar refractivity (Wildman–Crippen MR) is 93.4 cm³/mol. The molecule has 2 N–H and O–H groups in total. The highest BCUT2D eigenvalue weighted by molar-refractivity contribution is 5.85. The summed E-state index contributed by atoms with van der Waals surface area (Å²) in [6.07, 6.45) is 0. The molecule has 0 aromatic heterocycles. The van der Waals surface area contributed by atoms with Crippen LogP contribution in [0.25, 0.3) is 0 Å². The first-order valence-corrected chi connectivity index (χ1v) is 6.88. The number of benzene rings is 2. The molecular formula is C17H22Cl2N2. The van der Waals surface area contributed by atoms with Crippen molar-refractivity contribution in [2.45, 2.75) is 25.0 Å². The van der Waals surface area contributed by atoms with E-state index in [-0.39, 0.29) is 24.8 Å². The lowest BCUT2D eigenvalue weighted by Gasteiger charge is -2.49. The van der Waals surface area contributed by atoms with Gasteiger partial charge in [0.25, 0.3) is 0 Å². The summed E-state index contributed by atoms with van der Waals surface area (Å²) in [6, 6.07) is 22.4. The minimum atomic E-state index is 0. The Morgan fingerprint density at radius 1 is 0.905 bits per heavy atom. The van der Waals surface area contributed by atoms with Crippen molar-refractivity contribution < 1.29 is 0 Å². The maximum Gasteiger partial charge on any atom is 0.0605 e. The molecule has 21 heavy (non-hydrogen) atoms. The van der Waals surface area contributed by atoms with Gasteiger partial charge in [0.05, 0.1) is 6.04 Å². The van der Waals surface area contributed by atoms with Gasteiger partial charge in [-0.05, 0) is 18.1 Å². The van der Waals surface area contributed by atoms with Gasteiger partial charge in [-0.2, -0.15) is 0 Å². The minimum Gasteiger partial charge on any atom is -0.325 e. The van der Waals surface area contributed by atoms with Gasteiger partial charge in [0.15, 0.2) is 0 Å². The van der Waals surface area contributed by atoms with Gasteiger partial charge < -0.3 is 5.73 Å². The highest BCUT2D eigenvalue weighted by Gasteiger charge is 2.38. The first-order valence-electron chi connectivity index (χ1n) is 6.88. The van der Waals surface area contributed by atoms with Crippen molar-refractivity contribution in [2.24, 2.45) is 5.73 Å². The van der Waals surface area contributed by atoms with E-state index in [4.69, 9.17) is 5.73 Å². The third-order valence-corrected chi connectivity index (χ3v) is 4.13. The fourth-order valence-corrected chi connectivity index (χ4v) is 2.86. The molecule has 1 fully saturated rings. The van der Waals surface area contributed by atoms with Gasteiger partial charge in [0.2, 0.25) is 0 Å². The molecule has 0 saturated carbocycles. The van der Waals surface area contributed by atoms with Gasteiger partial charge in [-0.15, -0.1) is 24.8 Å². The van der Waals surface area contributed by atoms with E-state index in [0.717, 1.165) is 6.54 Å². The van der Waals surface area contributed by atoms with Crippen LogP contribution in [0.2, 0.25) is 0 Å². The molecule has 0 amide bonds. The molecule has 2 nitrogen and oxygen atoms in total. The summed E-state index contributed by atoms with van der Waals surface area (Å²) in [7, 11) is 0. The van der Waals surface area contributed by atoms with Crippen LogP contribution in [0.15, 0.2) is 60.7 Å². The highest BCUT2D eigenvalue weighted by atomic mass is 35.5. The molecule has 1 heterocycles. The summed E-state index contributed by atoms with van der Waals surface area (Å²) >= 11 is 0. The lowest BCUT2D eigenvalue weighted by Crippen LogP contribution is -2.63. The Bertz CT molecular complexity index is 494. The SMILES string of the molecule is CC1C(N)CN1C(c1ccccc1)c1ccccc1.Cl.Cl. The minimum absolute atomic E-state index is 0. The lowest BCUT2D eigenvalue weighted by molar-refractivity contribution is 0.0447. The Hall–Kier alpha value is -1.06. The molecule has 2 atom stereocenters. The van der Waals surface area contributed by atoms with Crippen molar-refractivity contribution >= 4 is 24.8 Å². The van der Waals surface area contributed by atoms with Crippen LogP contribution in [-0.4, -0.2) is 23.5 Å². The topological polar surface area (TPSA) is 29.3 Å². The standard InChI is InChI=1S/C17H20N2.2ClH/c1-13-16(18)12-19(13)17(14-8-4-2-5-9-14)15-10-6-3-7-11-15;;/h2-11,13,16-17H,12,18H2,1H3;2*1H. The molecule has 3 rings (SSSR count). The number of rotatable bonds is 3. The molecule has 0 aliphatic carbocycles. The molecular weight excluding hydrogens is 303 g/mol. The maximum absolute atomic E-state index is 6.06. The number of halogens is 2. The van der Waals surface area contributed by atoms with Crippen LogP contribution in [0.1, 0.15) is 24.1 Å². The van der Waals surface area contributed by atoms with E-state index in [1.165, 1.54) is 11.1 Å². The number of hydrogen-bond acceptors (Lipinski definition) is 2. The zero-order chi connectivity index (χ0) is 13.2. The van der Waals surface area contributed by atoms with Gasteiger partial charge in [-0.25, -0.2) is 0 Å². The highest BCUT2D eigenvalue weighted by Crippen LogP contribution is 2.34. The van der Waals surface area contributed by atoms with Gasteiger partial charge in [0, 0.05) is 18.6 Å². The van der Waals surface area contributed by atoms with Gasteiger partial charge in [-0.3, -0.25) is 4.90 Å². The van der Waals surface area contributed by atoms with Crippen molar-refractivity contribution in [1.29, 1.82) is 0 Å². The summed E-state index contributed by atoms with van der Waals surface area (Å²) in [5.41, 5.74) is 8.75. The largest absolute Gasteiger partial charge is 0.325 e. The number of likely N-dealkylation sites (tertiary alicyclic amines) is 1. The van der Waals surface area contributed by atoms with Crippen LogP contribution < -0.4 is 5.73 Å². The molecule has 1 aliphatic rings. The second-order valence-electron chi connectivity index (χ2n) is 5.33. The van der Waals surface area contributed by atoms with Crippen molar-refractivity contribution in [3.8, 4) is 0 Å². The van der Waals surface area contributed by atoms with Crippen LogP contribution in [0.4, 0.5) is 0 Å². The van der Waals surface area contributed by atoms with Gasteiger partial charge in [0.1, 0.15) is 0 Å². The first kappa shape index (κ1) is 18.0. The second-order valence-corrected chi connectivity index (χ2v) is 5.33. The summed E-state index contributed by atoms with van der Waals surface area (Å²) in [6.45, 7) is 3.18. The van der Waals surface area contributed by atoms with E-state index in [1.54, 1.807) is 0 Å². The predicted octanol–water partition coefficient (Wildman–Crippen LogP) is 3.65. The first-order chi connectivity index (χ1) is 9.27. The molecule has 4 heteroatoms. The normalized spacial score (nSPS) is 21.1. The van der Waals surface area contributed by atoms with Crippen LogP contribution in [0, 0.1) is 0 Å². The van der Waals surface area contributed by atoms with Crippen LogP contribution in [0.3, 0.4) is 0 Å².